The molecule has 1 aliphatic rings. The summed E-state index contributed by atoms with van der Waals surface area (Å²) in [5, 5.41) is 21.5. The van der Waals surface area contributed by atoms with Crippen molar-refractivity contribution in [3.63, 3.8) is 0 Å². The van der Waals surface area contributed by atoms with Crippen LogP contribution in [0.4, 0.5) is 0 Å². The van der Waals surface area contributed by atoms with Gasteiger partial charge in [0.1, 0.15) is 12.1 Å². The van der Waals surface area contributed by atoms with E-state index in [2.05, 4.69) is 5.32 Å². The molecule has 4 unspecified atom stereocenters. The van der Waals surface area contributed by atoms with Crippen LogP contribution in [0.5, 0.6) is 0 Å². The molecule has 24 heavy (non-hydrogen) atoms. The first-order valence-corrected chi connectivity index (χ1v) is 8.27. The van der Waals surface area contributed by atoms with Crippen LogP contribution in [0, 0.1) is 0 Å². The second kappa shape index (κ2) is 9.55. The Bertz CT molecular complexity index is 457. The molecule has 2 amide bonds. The van der Waals surface area contributed by atoms with Crippen molar-refractivity contribution in [1.29, 1.82) is 0 Å². The summed E-state index contributed by atoms with van der Waals surface area (Å²) in [6, 6.07) is -2.94. The van der Waals surface area contributed by atoms with Gasteiger partial charge in [0.2, 0.25) is 11.8 Å². The zero-order valence-electron chi connectivity index (χ0n) is 14.0. The second-order valence-corrected chi connectivity index (χ2v) is 6.15. The summed E-state index contributed by atoms with van der Waals surface area (Å²) in [7, 11) is 0. The molecule has 0 aromatic carbocycles. The van der Waals surface area contributed by atoms with Crippen molar-refractivity contribution >= 4 is 17.8 Å². The summed E-state index contributed by atoms with van der Waals surface area (Å²) >= 11 is 0. The number of carboxylic acid groups (broad SMARTS) is 1. The van der Waals surface area contributed by atoms with Gasteiger partial charge in [-0.2, -0.15) is 0 Å². The van der Waals surface area contributed by atoms with Crippen molar-refractivity contribution in [2.24, 2.45) is 11.5 Å². The first-order valence-electron chi connectivity index (χ1n) is 8.27. The van der Waals surface area contributed by atoms with Crippen molar-refractivity contribution in [3.8, 4) is 0 Å². The van der Waals surface area contributed by atoms with Crippen LogP contribution < -0.4 is 16.8 Å². The van der Waals surface area contributed by atoms with E-state index in [1.807, 2.05) is 0 Å². The van der Waals surface area contributed by atoms with E-state index in [1.54, 1.807) is 0 Å². The third kappa shape index (κ3) is 5.43. The smallest absolute Gasteiger partial charge is 0.326 e. The van der Waals surface area contributed by atoms with Crippen LogP contribution in [0.15, 0.2) is 0 Å². The van der Waals surface area contributed by atoms with Gasteiger partial charge in [0.05, 0.1) is 12.1 Å². The minimum Gasteiger partial charge on any atom is -0.480 e. The highest BCUT2D eigenvalue weighted by Crippen LogP contribution is 2.19. The zero-order chi connectivity index (χ0) is 18.3. The molecule has 1 fully saturated rings. The van der Waals surface area contributed by atoms with Crippen LogP contribution in [0.3, 0.4) is 0 Å². The largest absolute Gasteiger partial charge is 0.480 e. The molecule has 1 rings (SSSR count). The summed E-state index contributed by atoms with van der Waals surface area (Å²) in [5.74, 6) is -2.23. The number of hydrogen-bond acceptors (Lipinski definition) is 6. The highest BCUT2D eigenvalue weighted by Gasteiger charge is 2.39. The Labute approximate surface area is 141 Å². The molecule has 0 radical (unpaired) electrons. The first kappa shape index (κ1) is 20.3. The minimum atomic E-state index is -1.21. The third-order valence-electron chi connectivity index (χ3n) is 4.17. The average Bonchev–Trinajstić information content (AvgIpc) is 3.01. The molecule has 0 spiro atoms. The Morgan fingerprint density at radius 2 is 2.00 bits per heavy atom. The van der Waals surface area contributed by atoms with Gasteiger partial charge in [0.25, 0.3) is 0 Å². The Balaban J connectivity index is 2.70. The van der Waals surface area contributed by atoms with E-state index in [0.717, 1.165) is 6.42 Å². The maximum absolute atomic E-state index is 12.6. The fourth-order valence-corrected chi connectivity index (χ4v) is 2.75. The number of rotatable bonds is 9. The van der Waals surface area contributed by atoms with Gasteiger partial charge in [-0.15, -0.1) is 0 Å². The molecule has 9 nitrogen and oxygen atoms in total. The molecule has 1 heterocycles. The summed E-state index contributed by atoms with van der Waals surface area (Å²) in [4.78, 5) is 37.1. The quantitative estimate of drug-likeness (QED) is 0.314. The highest BCUT2D eigenvalue weighted by atomic mass is 16.4. The second-order valence-electron chi connectivity index (χ2n) is 6.15. The van der Waals surface area contributed by atoms with Gasteiger partial charge in [-0.3, -0.25) is 9.59 Å². The molecule has 1 saturated heterocycles. The molecule has 4 atom stereocenters. The minimum absolute atomic E-state index is 0.289. The topological polar surface area (TPSA) is 159 Å². The van der Waals surface area contributed by atoms with Crippen molar-refractivity contribution in [2.45, 2.75) is 63.3 Å². The molecule has 138 valence electrons. The van der Waals surface area contributed by atoms with Gasteiger partial charge in [-0.25, -0.2) is 4.79 Å². The molecular formula is C15H28N4O5. The lowest BCUT2D eigenvalue weighted by atomic mass is 10.1. The van der Waals surface area contributed by atoms with Crippen LogP contribution in [-0.4, -0.2) is 70.2 Å². The number of carboxylic acids is 1. The Morgan fingerprint density at radius 1 is 1.33 bits per heavy atom. The van der Waals surface area contributed by atoms with Crippen molar-refractivity contribution in [3.05, 3.63) is 0 Å². The lowest BCUT2D eigenvalue weighted by Gasteiger charge is -2.29. The van der Waals surface area contributed by atoms with Crippen molar-refractivity contribution < 1.29 is 24.6 Å². The lowest BCUT2D eigenvalue weighted by Crippen LogP contribution is -2.58. The number of amides is 2. The van der Waals surface area contributed by atoms with Gasteiger partial charge < -0.3 is 31.9 Å². The molecule has 0 saturated carbocycles. The number of unbranched alkanes of at least 4 members (excludes halogenated alkanes) is 1. The molecule has 0 bridgehead atoms. The fraction of sp³-hybridized carbons (Fsp3) is 0.800. The van der Waals surface area contributed by atoms with E-state index in [4.69, 9.17) is 16.6 Å². The number of nitrogens with two attached hydrogens (primary N) is 2. The highest BCUT2D eigenvalue weighted by molar-refractivity contribution is 5.92. The summed E-state index contributed by atoms with van der Waals surface area (Å²) in [6.45, 7) is 2.17. The van der Waals surface area contributed by atoms with Gasteiger partial charge in [-0.05, 0) is 39.2 Å². The van der Waals surface area contributed by atoms with E-state index in [0.29, 0.717) is 32.2 Å². The van der Waals surface area contributed by atoms with Gasteiger partial charge >= 0.3 is 5.97 Å². The molecule has 9 heteroatoms. The monoisotopic (exact) mass is 344 g/mol. The summed E-state index contributed by atoms with van der Waals surface area (Å²) < 4.78 is 0. The predicted molar refractivity (Wildman–Crippen MR) is 86.9 cm³/mol. The van der Waals surface area contributed by atoms with Gasteiger partial charge in [0, 0.05) is 6.54 Å². The molecule has 7 N–H and O–H groups in total. The number of nitrogens with zero attached hydrogens (tertiary/aromatic N) is 1. The standard InChI is InChI=1S/C15H28N4O5/c1-9(20)12(18-13(21)10(17)5-2-3-7-16)14(22)19-8-4-6-11(19)15(23)24/h9-12,20H,2-8,16-17H2,1H3,(H,18,21)(H,23,24). The van der Waals surface area contributed by atoms with Crippen LogP contribution in [0.1, 0.15) is 39.0 Å². The molecule has 0 aliphatic carbocycles. The third-order valence-corrected chi connectivity index (χ3v) is 4.17. The number of likely N-dealkylation sites (tertiary alicyclic amines) is 1. The maximum Gasteiger partial charge on any atom is 0.326 e. The number of nitrogens with one attached hydrogen (secondary N) is 1. The Hall–Kier alpha value is -1.71. The average molecular weight is 344 g/mol. The van der Waals surface area contributed by atoms with E-state index >= 15 is 0 Å². The van der Waals surface area contributed by atoms with Gasteiger partial charge in [-0.1, -0.05) is 6.42 Å². The molecular weight excluding hydrogens is 316 g/mol. The summed E-state index contributed by atoms with van der Waals surface area (Å²) in [6.07, 6.45) is 1.62. The van der Waals surface area contributed by atoms with Crippen LogP contribution in [0.2, 0.25) is 0 Å². The molecule has 1 aliphatic heterocycles. The van der Waals surface area contributed by atoms with E-state index in [-0.39, 0.29) is 6.54 Å². The predicted octanol–water partition coefficient (Wildman–Crippen LogP) is -1.62. The van der Waals surface area contributed by atoms with Crippen LogP contribution >= 0.6 is 0 Å². The van der Waals surface area contributed by atoms with Crippen LogP contribution in [0.25, 0.3) is 0 Å². The number of aliphatic carboxylic acids is 1. The molecule has 0 aromatic heterocycles. The number of aliphatic hydroxyl groups is 1. The van der Waals surface area contributed by atoms with Crippen LogP contribution in [-0.2, 0) is 14.4 Å². The normalized spacial score (nSPS) is 21.2. The number of hydrogen-bond donors (Lipinski definition) is 5. The number of aliphatic hydroxyl groups excluding tert-OH is 1. The Kier molecular flexibility index (Phi) is 8.09. The zero-order valence-corrected chi connectivity index (χ0v) is 14.0. The number of carbonyl (C=O) groups is 3. The first-order chi connectivity index (χ1) is 11.3. The van der Waals surface area contributed by atoms with Crippen molar-refractivity contribution in [1.82, 2.24) is 10.2 Å². The maximum atomic E-state index is 12.6. The molecule has 0 aromatic rings. The Morgan fingerprint density at radius 3 is 2.54 bits per heavy atom. The van der Waals surface area contributed by atoms with Gasteiger partial charge in [0.15, 0.2) is 0 Å². The number of carbonyl (C=O) groups excluding carboxylic acids is 2. The van der Waals surface area contributed by atoms with Crippen molar-refractivity contribution in [2.75, 3.05) is 13.1 Å². The van der Waals surface area contributed by atoms with E-state index in [1.165, 1.54) is 11.8 Å². The van der Waals surface area contributed by atoms with E-state index in [9.17, 15) is 19.5 Å². The lowest BCUT2D eigenvalue weighted by molar-refractivity contribution is -0.150. The fourth-order valence-electron chi connectivity index (χ4n) is 2.75. The summed E-state index contributed by atoms with van der Waals surface area (Å²) in [5.41, 5.74) is 11.2. The van der Waals surface area contributed by atoms with E-state index < -0.39 is 42.0 Å². The SMILES string of the molecule is CC(O)C(NC(=O)C(N)CCCCN)C(=O)N1CCCC1C(=O)O.